The summed E-state index contributed by atoms with van der Waals surface area (Å²) in [4.78, 5) is 20.6. The molecule has 0 aliphatic heterocycles. The second kappa shape index (κ2) is 8.46. The summed E-state index contributed by atoms with van der Waals surface area (Å²) in [5.74, 6) is -2.55. The van der Waals surface area contributed by atoms with E-state index < -0.39 is 23.4 Å². The lowest BCUT2D eigenvalue weighted by atomic mass is 10.2. The molecule has 1 amide bonds. The second-order valence-electron chi connectivity index (χ2n) is 6.47. The Balaban J connectivity index is 2.01. The summed E-state index contributed by atoms with van der Waals surface area (Å²) in [6, 6.07) is 5.42. The average Bonchev–Trinajstić information content (AvgIpc) is 3.02. The van der Waals surface area contributed by atoms with Gasteiger partial charge in [0.05, 0.1) is 15.3 Å². The molecule has 0 aliphatic carbocycles. The number of carbonyl (C=O) groups excluding carboxylic acids is 1. The quantitative estimate of drug-likeness (QED) is 0.557. The van der Waals surface area contributed by atoms with Crippen molar-refractivity contribution < 1.29 is 18.0 Å². The number of anilines is 1. The molecule has 0 N–H and O–H groups in total. The van der Waals surface area contributed by atoms with Crippen LogP contribution in [0, 0.1) is 17.5 Å². The minimum Gasteiger partial charge on any atom is -0.309 e. The molecular weight excluding hydrogens is 411 g/mol. The number of fused-ring (bicyclic) bond motifs is 1. The molecule has 3 rings (SSSR count). The van der Waals surface area contributed by atoms with Crippen molar-refractivity contribution in [3.05, 3.63) is 58.4 Å². The van der Waals surface area contributed by atoms with Crippen LogP contribution in [0.15, 0.2) is 30.3 Å². The molecule has 2 aromatic carbocycles. The molecule has 28 heavy (non-hydrogen) atoms. The van der Waals surface area contributed by atoms with Crippen LogP contribution in [0.5, 0.6) is 0 Å². The van der Waals surface area contributed by atoms with Crippen molar-refractivity contribution in [2.45, 2.75) is 6.42 Å². The van der Waals surface area contributed by atoms with E-state index in [4.69, 9.17) is 11.6 Å². The zero-order valence-corrected chi connectivity index (χ0v) is 16.8. The SMILES string of the molecule is CN(C)CCCN(C(=O)c1ccc(F)cc1Cl)c1nc2c(F)cc(F)cc2s1. The van der Waals surface area contributed by atoms with E-state index in [2.05, 4.69) is 4.98 Å². The highest BCUT2D eigenvalue weighted by atomic mass is 35.5. The summed E-state index contributed by atoms with van der Waals surface area (Å²) in [6.07, 6.45) is 0.615. The van der Waals surface area contributed by atoms with Crippen LogP contribution in [0.4, 0.5) is 18.3 Å². The largest absolute Gasteiger partial charge is 0.309 e. The van der Waals surface area contributed by atoms with Gasteiger partial charge in [0.15, 0.2) is 10.9 Å². The third-order valence-electron chi connectivity index (χ3n) is 4.03. The molecule has 1 heterocycles. The first-order chi connectivity index (χ1) is 13.3. The number of hydrogen-bond acceptors (Lipinski definition) is 4. The van der Waals surface area contributed by atoms with Crippen molar-refractivity contribution in [3.63, 3.8) is 0 Å². The fourth-order valence-corrected chi connectivity index (χ4v) is 3.98. The minimum absolute atomic E-state index is 0.00277. The van der Waals surface area contributed by atoms with Crippen LogP contribution in [0.3, 0.4) is 0 Å². The third-order valence-corrected chi connectivity index (χ3v) is 5.36. The maximum absolute atomic E-state index is 14.0. The third kappa shape index (κ3) is 4.45. The lowest BCUT2D eigenvalue weighted by Gasteiger charge is -2.21. The molecule has 0 aliphatic rings. The van der Waals surface area contributed by atoms with Crippen LogP contribution in [0.2, 0.25) is 5.02 Å². The summed E-state index contributed by atoms with van der Waals surface area (Å²) in [5.41, 5.74) is 0.107. The normalized spacial score (nSPS) is 11.4. The fourth-order valence-electron chi connectivity index (χ4n) is 2.70. The Morgan fingerprint density at radius 2 is 1.86 bits per heavy atom. The Morgan fingerprint density at radius 1 is 1.11 bits per heavy atom. The highest BCUT2D eigenvalue weighted by Gasteiger charge is 2.24. The number of carbonyl (C=O) groups is 1. The summed E-state index contributed by atoms with van der Waals surface area (Å²) in [5, 5.41) is 0.199. The van der Waals surface area contributed by atoms with Gasteiger partial charge in [-0.05, 0) is 51.3 Å². The van der Waals surface area contributed by atoms with Gasteiger partial charge in [-0.3, -0.25) is 9.69 Å². The monoisotopic (exact) mass is 427 g/mol. The van der Waals surface area contributed by atoms with Gasteiger partial charge >= 0.3 is 0 Å². The first-order valence-corrected chi connectivity index (χ1v) is 9.63. The molecule has 3 aromatic rings. The lowest BCUT2D eigenvalue weighted by molar-refractivity contribution is 0.0986. The Bertz CT molecular complexity index is 1030. The number of halogens is 4. The van der Waals surface area contributed by atoms with Gasteiger partial charge in [0.2, 0.25) is 0 Å². The van der Waals surface area contributed by atoms with E-state index in [0.29, 0.717) is 17.7 Å². The molecule has 0 spiro atoms. The number of thiazole rings is 1. The van der Waals surface area contributed by atoms with Crippen molar-refractivity contribution in [3.8, 4) is 0 Å². The van der Waals surface area contributed by atoms with Gasteiger partial charge in [0.25, 0.3) is 5.91 Å². The Hall–Kier alpha value is -2.16. The van der Waals surface area contributed by atoms with Crippen LogP contribution in [0.25, 0.3) is 10.2 Å². The van der Waals surface area contributed by atoms with Gasteiger partial charge in [-0.25, -0.2) is 18.2 Å². The van der Waals surface area contributed by atoms with E-state index in [9.17, 15) is 18.0 Å². The Kier molecular flexibility index (Phi) is 6.22. The molecule has 0 saturated carbocycles. The fraction of sp³-hybridized carbons (Fsp3) is 0.263. The van der Waals surface area contributed by atoms with Gasteiger partial charge in [0.1, 0.15) is 17.2 Å². The van der Waals surface area contributed by atoms with Crippen molar-refractivity contribution in [1.29, 1.82) is 0 Å². The summed E-state index contributed by atoms with van der Waals surface area (Å²) in [6.45, 7) is 0.990. The van der Waals surface area contributed by atoms with Crippen LogP contribution in [-0.4, -0.2) is 43.0 Å². The first-order valence-electron chi connectivity index (χ1n) is 8.43. The molecule has 1 aromatic heterocycles. The molecule has 0 bridgehead atoms. The Labute approximate surface area is 169 Å². The summed E-state index contributed by atoms with van der Waals surface area (Å²) in [7, 11) is 3.80. The summed E-state index contributed by atoms with van der Waals surface area (Å²) >= 11 is 7.05. The van der Waals surface area contributed by atoms with Gasteiger partial charge in [-0.2, -0.15) is 0 Å². The molecule has 0 atom stereocenters. The van der Waals surface area contributed by atoms with Gasteiger partial charge in [-0.15, -0.1) is 0 Å². The number of amides is 1. The first kappa shape index (κ1) is 20.6. The zero-order valence-electron chi connectivity index (χ0n) is 15.2. The van der Waals surface area contributed by atoms with E-state index in [0.717, 1.165) is 29.5 Å². The van der Waals surface area contributed by atoms with Crippen LogP contribution in [0.1, 0.15) is 16.8 Å². The number of hydrogen-bond donors (Lipinski definition) is 0. The highest BCUT2D eigenvalue weighted by Crippen LogP contribution is 2.32. The molecule has 0 unspecified atom stereocenters. The second-order valence-corrected chi connectivity index (χ2v) is 7.88. The van der Waals surface area contributed by atoms with Crippen LogP contribution >= 0.6 is 22.9 Å². The molecule has 0 fully saturated rings. The summed E-state index contributed by atoms with van der Waals surface area (Å²) < 4.78 is 41.2. The van der Waals surface area contributed by atoms with Crippen LogP contribution in [-0.2, 0) is 0 Å². The number of rotatable bonds is 6. The zero-order chi connectivity index (χ0) is 20.4. The van der Waals surface area contributed by atoms with Crippen LogP contribution < -0.4 is 4.90 Å². The Morgan fingerprint density at radius 3 is 2.54 bits per heavy atom. The maximum Gasteiger partial charge on any atom is 0.261 e. The van der Waals surface area contributed by atoms with E-state index in [1.807, 2.05) is 19.0 Å². The van der Waals surface area contributed by atoms with Crippen molar-refractivity contribution in [1.82, 2.24) is 9.88 Å². The van der Waals surface area contributed by atoms with Crippen molar-refractivity contribution in [2.24, 2.45) is 0 Å². The van der Waals surface area contributed by atoms with Crippen molar-refractivity contribution in [2.75, 3.05) is 32.1 Å². The molecule has 4 nitrogen and oxygen atoms in total. The molecule has 9 heteroatoms. The lowest BCUT2D eigenvalue weighted by Crippen LogP contribution is -2.33. The minimum atomic E-state index is -0.794. The van der Waals surface area contributed by atoms with E-state index in [-0.39, 0.29) is 27.8 Å². The van der Waals surface area contributed by atoms with E-state index in [1.165, 1.54) is 17.0 Å². The van der Waals surface area contributed by atoms with Gasteiger partial charge in [-0.1, -0.05) is 22.9 Å². The predicted octanol–water partition coefficient (Wildman–Crippen LogP) is 4.97. The number of benzene rings is 2. The maximum atomic E-state index is 14.0. The van der Waals surface area contributed by atoms with E-state index in [1.54, 1.807) is 0 Å². The predicted molar refractivity (Wildman–Crippen MR) is 106 cm³/mol. The number of nitrogens with zero attached hydrogens (tertiary/aromatic N) is 3. The molecule has 148 valence electrons. The smallest absolute Gasteiger partial charge is 0.261 e. The molecular formula is C19H17ClF3N3OS. The topological polar surface area (TPSA) is 36.4 Å². The van der Waals surface area contributed by atoms with Crippen molar-refractivity contribution >= 4 is 44.2 Å². The van der Waals surface area contributed by atoms with Gasteiger partial charge in [0, 0.05) is 12.6 Å². The highest BCUT2D eigenvalue weighted by molar-refractivity contribution is 7.22. The average molecular weight is 428 g/mol. The standard InChI is InChI=1S/C19H17ClF3N3OS/c1-25(2)6-3-7-26(18(27)13-5-4-11(21)8-14(13)20)19-24-17-15(23)9-12(22)10-16(17)28-19/h4-5,8-10H,3,6-7H2,1-2H3. The van der Waals surface area contributed by atoms with E-state index >= 15 is 0 Å². The number of aromatic nitrogens is 1. The van der Waals surface area contributed by atoms with Gasteiger partial charge < -0.3 is 4.90 Å². The molecule has 0 saturated heterocycles. The molecule has 0 radical (unpaired) electrons.